The zero-order valence-electron chi connectivity index (χ0n) is 18.6. The lowest BCUT2D eigenvalue weighted by Crippen LogP contribution is -2.49. The van der Waals surface area contributed by atoms with Crippen molar-refractivity contribution < 1.29 is 32.9 Å². The number of ether oxygens (including phenoxy) is 1. The summed E-state index contributed by atoms with van der Waals surface area (Å²) < 4.78 is 47.4. The number of aliphatic hydroxyl groups is 1. The molecule has 2 aromatic rings. The highest BCUT2D eigenvalue weighted by atomic mass is 19.4. The molecule has 0 unspecified atom stereocenters. The van der Waals surface area contributed by atoms with Crippen molar-refractivity contribution in [2.45, 2.75) is 57.0 Å². The lowest BCUT2D eigenvalue weighted by molar-refractivity contribution is -0.145. The van der Waals surface area contributed by atoms with Gasteiger partial charge in [-0.05, 0) is 49.8 Å². The normalized spacial score (nSPS) is 20.2. The molecule has 0 radical (unpaired) electrons. The number of aryl methyl sites for hydroxylation is 2. The van der Waals surface area contributed by atoms with Crippen molar-refractivity contribution in [2.75, 3.05) is 13.1 Å². The van der Waals surface area contributed by atoms with Crippen LogP contribution in [-0.2, 0) is 31.0 Å². The summed E-state index contributed by atoms with van der Waals surface area (Å²) in [7, 11) is 1.49. The second-order valence-electron chi connectivity index (χ2n) is 9.17. The number of hydrogen-bond donors (Lipinski definition) is 2. The van der Waals surface area contributed by atoms with Gasteiger partial charge in [0.05, 0.1) is 12.0 Å². The summed E-state index contributed by atoms with van der Waals surface area (Å²) in [6.45, 7) is 2.83. The Morgan fingerprint density at radius 2 is 1.97 bits per heavy atom. The minimum atomic E-state index is -4.48. The van der Waals surface area contributed by atoms with Gasteiger partial charge in [0.2, 0.25) is 0 Å². The molecular formula is C23H28F3N3O4. The first kappa shape index (κ1) is 23.6. The molecule has 180 valence electrons. The number of halogens is 3. The van der Waals surface area contributed by atoms with Crippen LogP contribution in [0.2, 0.25) is 0 Å². The smallest absolute Gasteiger partial charge is 0.435 e. The first-order chi connectivity index (χ1) is 15.5. The highest BCUT2D eigenvalue weighted by Gasteiger charge is 2.41. The third-order valence-electron chi connectivity index (χ3n) is 6.81. The van der Waals surface area contributed by atoms with Crippen molar-refractivity contribution in [3.05, 3.63) is 46.8 Å². The highest BCUT2D eigenvalue weighted by Crippen LogP contribution is 2.41. The lowest BCUT2D eigenvalue weighted by atomic mass is 9.82. The SMILES string of the molecule is C[C@H](C(=O)O)[C@@H](O)c1ccc2c(c1)OC1(CC2)CCN(Cc2cn(C)nc2C(F)(F)F)CC1. The Bertz CT molecular complexity index is 1030. The van der Waals surface area contributed by atoms with Crippen LogP contribution in [0.5, 0.6) is 5.75 Å². The van der Waals surface area contributed by atoms with Crippen LogP contribution >= 0.6 is 0 Å². The Kier molecular flexibility index (Phi) is 6.17. The molecule has 33 heavy (non-hydrogen) atoms. The Hall–Kier alpha value is -2.59. The van der Waals surface area contributed by atoms with Crippen LogP contribution in [0.15, 0.2) is 24.4 Å². The monoisotopic (exact) mass is 467 g/mol. The molecule has 2 aliphatic heterocycles. The molecule has 3 heterocycles. The van der Waals surface area contributed by atoms with Gasteiger partial charge in [-0.25, -0.2) is 0 Å². The summed E-state index contributed by atoms with van der Waals surface area (Å²) in [6.07, 6.45) is -1.25. The number of alkyl halides is 3. The van der Waals surface area contributed by atoms with Gasteiger partial charge in [0, 0.05) is 38.4 Å². The maximum Gasteiger partial charge on any atom is 0.435 e. The van der Waals surface area contributed by atoms with Gasteiger partial charge >= 0.3 is 12.1 Å². The third kappa shape index (κ3) is 4.86. The second-order valence-corrected chi connectivity index (χ2v) is 9.17. The van der Waals surface area contributed by atoms with E-state index in [1.165, 1.54) is 24.9 Å². The van der Waals surface area contributed by atoms with Crippen LogP contribution < -0.4 is 4.74 Å². The quantitative estimate of drug-likeness (QED) is 0.699. The number of carboxylic acids is 1. The van der Waals surface area contributed by atoms with Gasteiger partial charge in [-0.3, -0.25) is 14.4 Å². The summed E-state index contributed by atoms with van der Waals surface area (Å²) in [6, 6.07) is 5.32. The number of benzene rings is 1. The molecule has 1 aromatic heterocycles. The van der Waals surface area contributed by atoms with Crippen molar-refractivity contribution in [1.82, 2.24) is 14.7 Å². The van der Waals surface area contributed by atoms with E-state index in [0.29, 0.717) is 37.2 Å². The molecule has 4 rings (SSSR count). The molecule has 1 spiro atoms. The largest absolute Gasteiger partial charge is 0.487 e. The number of nitrogens with zero attached hydrogens (tertiary/aromatic N) is 3. The number of aromatic nitrogens is 2. The summed E-state index contributed by atoms with van der Waals surface area (Å²) in [5.41, 5.74) is 0.422. The zero-order chi connectivity index (χ0) is 24.0. The molecule has 10 heteroatoms. The number of piperidine rings is 1. The molecule has 2 N–H and O–H groups in total. The fourth-order valence-electron chi connectivity index (χ4n) is 4.73. The molecule has 0 saturated carbocycles. The Balaban J connectivity index is 1.43. The van der Waals surface area contributed by atoms with Gasteiger partial charge in [0.1, 0.15) is 11.4 Å². The van der Waals surface area contributed by atoms with Crippen molar-refractivity contribution >= 4 is 5.97 Å². The maximum absolute atomic E-state index is 13.3. The molecule has 1 aromatic carbocycles. The molecule has 7 nitrogen and oxygen atoms in total. The second kappa shape index (κ2) is 8.64. The molecular weight excluding hydrogens is 439 g/mol. The van der Waals surface area contributed by atoms with E-state index >= 15 is 0 Å². The number of hydrogen-bond acceptors (Lipinski definition) is 5. The third-order valence-corrected chi connectivity index (χ3v) is 6.81. The number of carboxylic acid groups (broad SMARTS) is 1. The summed E-state index contributed by atoms with van der Waals surface area (Å²) in [5.74, 6) is -1.37. The number of rotatable bonds is 5. The van der Waals surface area contributed by atoms with Gasteiger partial charge in [0.15, 0.2) is 5.69 Å². The van der Waals surface area contributed by atoms with Gasteiger partial charge in [-0.2, -0.15) is 18.3 Å². The van der Waals surface area contributed by atoms with Crippen molar-refractivity contribution in [2.24, 2.45) is 13.0 Å². The minimum absolute atomic E-state index is 0.169. The molecule has 0 bridgehead atoms. The summed E-state index contributed by atoms with van der Waals surface area (Å²) in [4.78, 5) is 13.2. The topological polar surface area (TPSA) is 87.8 Å². The van der Waals surface area contributed by atoms with Crippen LogP contribution in [0.4, 0.5) is 13.2 Å². The van der Waals surface area contributed by atoms with Crippen LogP contribution in [0.25, 0.3) is 0 Å². The molecule has 1 fully saturated rings. The Morgan fingerprint density at radius 3 is 2.61 bits per heavy atom. The van der Waals surface area contributed by atoms with E-state index in [4.69, 9.17) is 4.74 Å². The van der Waals surface area contributed by atoms with Gasteiger partial charge in [-0.1, -0.05) is 12.1 Å². The Labute approximate surface area is 189 Å². The predicted molar refractivity (Wildman–Crippen MR) is 113 cm³/mol. The average Bonchev–Trinajstić information content (AvgIpc) is 3.14. The number of fused-ring (bicyclic) bond motifs is 1. The first-order valence-electron chi connectivity index (χ1n) is 11.0. The standard InChI is InChI=1S/C23H28F3N3O4/c1-14(21(31)32)19(30)16-4-3-15-5-6-22(33-18(15)11-16)7-9-29(10-8-22)13-17-12-28(2)27-20(17)23(24,25)26/h3-4,11-12,14,19,30H,5-10,13H2,1-2H3,(H,31,32)/t14-,19+/m0/s1. The fourth-order valence-corrected chi connectivity index (χ4v) is 4.73. The van der Waals surface area contributed by atoms with E-state index in [0.717, 1.165) is 18.4 Å². The fraction of sp³-hybridized carbons (Fsp3) is 0.565. The van der Waals surface area contributed by atoms with Gasteiger partial charge < -0.3 is 14.9 Å². The number of aliphatic carboxylic acids is 1. The minimum Gasteiger partial charge on any atom is -0.487 e. The van der Waals surface area contributed by atoms with E-state index in [9.17, 15) is 28.2 Å². The van der Waals surface area contributed by atoms with Gasteiger partial charge in [0.25, 0.3) is 0 Å². The highest BCUT2D eigenvalue weighted by molar-refractivity contribution is 5.70. The Morgan fingerprint density at radius 1 is 1.27 bits per heavy atom. The maximum atomic E-state index is 13.3. The van der Waals surface area contributed by atoms with Crippen LogP contribution in [0.1, 0.15) is 54.7 Å². The zero-order valence-corrected chi connectivity index (χ0v) is 18.6. The molecule has 2 atom stereocenters. The van der Waals surface area contributed by atoms with E-state index < -0.39 is 35.5 Å². The summed E-state index contributed by atoms with van der Waals surface area (Å²) in [5, 5.41) is 23.2. The van der Waals surface area contributed by atoms with Crippen LogP contribution in [0, 0.1) is 5.92 Å². The molecule has 2 aliphatic rings. The lowest BCUT2D eigenvalue weighted by Gasteiger charge is -2.44. The van der Waals surface area contributed by atoms with Crippen molar-refractivity contribution in [1.29, 1.82) is 0 Å². The van der Waals surface area contributed by atoms with Crippen molar-refractivity contribution in [3.8, 4) is 5.75 Å². The van der Waals surface area contributed by atoms with Gasteiger partial charge in [-0.15, -0.1) is 0 Å². The average molecular weight is 467 g/mol. The molecule has 1 saturated heterocycles. The van der Waals surface area contributed by atoms with Crippen LogP contribution in [0.3, 0.4) is 0 Å². The first-order valence-corrected chi connectivity index (χ1v) is 11.0. The van der Waals surface area contributed by atoms with E-state index in [-0.39, 0.29) is 12.1 Å². The predicted octanol–water partition coefficient (Wildman–Crippen LogP) is 3.55. The van der Waals surface area contributed by atoms with E-state index in [2.05, 4.69) is 5.10 Å². The van der Waals surface area contributed by atoms with E-state index in [1.54, 1.807) is 12.1 Å². The number of carbonyl (C=O) groups is 1. The summed E-state index contributed by atoms with van der Waals surface area (Å²) >= 11 is 0. The van der Waals surface area contributed by atoms with Crippen molar-refractivity contribution in [3.63, 3.8) is 0 Å². The molecule has 0 aliphatic carbocycles. The van der Waals surface area contributed by atoms with E-state index in [1.807, 2.05) is 11.0 Å². The number of likely N-dealkylation sites (tertiary alicyclic amines) is 1. The van der Waals surface area contributed by atoms with Crippen LogP contribution in [-0.4, -0.2) is 49.6 Å². The molecule has 0 amide bonds. The number of aliphatic hydroxyl groups excluding tert-OH is 1.